The van der Waals surface area contributed by atoms with Crippen LogP contribution in [0, 0.1) is 0 Å². The van der Waals surface area contributed by atoms with Crippen molar-refractivity contribution in [1.29, 1.82) is 0 Å². The predicted octanol–water partition coefficient (Wildman–Crippen LogP) is 4.96. The number of ether oxygens (including phenoxy) is 1. The number of fused-ring (bicyclic) bond motifs is 1. The van der Waals surface area contributed by atoms with E-state index in [1.54, 1.807) is 0 Å². The second kappa shape index (κ2) is 7.23. The van der Waals surface area contributed by atoms with E-state index in [9.17, 15) is 0 Å². The number of rotatable bonds is 5. The molecule has 0 spiro atoms. The number of nitrogens with one attached hydrogen (secondary N) is 2. The Morgan fingerprint density at radius 2 is 1.48 bits per heavy atom. The third-order valence-electron chi connectivity index (χ3n) is 3.60. The molecule has 1 heterocycles. The zero-order valence-corrected chi connectivity index (χ0v) is 14.2. The lowest BCUT2D eigenvalue weighted by Gasteiger charge is -2.05. The molecule has 4 rings (SSSR count). The first kappa shape index (κ1) is 15.5. The molecule has 0 aliphatic heterocycles. The van der Waals surface area contributed by atoms with Gasteiger partial charge in [0.2, 0.25) is 5.82 Å². The summed E-state index contributed by atoms with van der Waals surface area (Å²) in [6.07, 6.45) is 0. The fourth-order valence-electron chi connectivity index (χ4n) is 2.42. The van der Waals surface area contributed by atoms with Crippen LogP contribution in [0.3, 0.4) is 0 Å². The summed E-state index contributed by atoms with van der Waals surface area (Å²) in [7, 11) is 0. The highest BCUT2D eigenvalue weighted by Crippen LogP contribution is 2.26. The number of hydrogen-bond donors (Lipinski definition) is 1. The molecule has 3 aromatic carbocycles. The first-order valence-electron chi connectivity index (χ1n) is 7.91. The van der Waals surface area contributed by atoms with Crippen LogP contribution in [0.15, 0.2) is 89.8 Å². The Balaban J connectivity index is 1.66. The van der Waals surface area contributed by atoms with Gasteiger partial charge in [-0.3, -0.25) is 0 Å². The van der Waals surface area contributed by atoms with E-state index < -0.39 is 0 Å². The van der Waals surface area contributed by atoms with Crippen molar-refractivity contribution in [1.82, 2.24) is 4.98 Å². The van der Waals surface area contributed by atoms with Gasteiger partial charge in [0.15, 0.2) is 5.52 Å². The quantitative estimate of drug-likeness (QED) is 0.519. The number of nitrogens with zero attached hydrogens (tertiary/aromatic N) is 1. The first-order chi connectivity index (χ1) is 12.4. The van der Waals surface area contributed by atoms with Gasteiger partial charge in [0.25, 0.3) is 0 Å². The molecule has 0 unspecified atom stereocenters. The normalized spacial score (nSPS) is 10.6. The Hall–Kier alpha value is -3.05. The molecule has 0 aliphatic carbocycles. The standard InChI is InChI=1S/C20H15N3OS/c1-3-9-15(10-4-1)24-20-21-18-14-8-7-13-17(18)19(22-20)23-25-16-11-5-2-6-12-16/h1-14H,(H,21,22,23)/p+1. The number of aromatic nitrogens is 2. The topological polar surface area (TPSA) is 48.3 Å². The SMILES string of the molecule is c1ccc(Oc2nc3ccccc3c(NSc3ccccc3)[nH+]2)cc1. The molecule has 0 saturated heterocycles. The molecule has 4 aromatic rings. The van der Waals surface area contributed by atoms with E-state index in [1.807, 2.05) is 72.8 Å². The van der Waals surface area contributed by atoms with E-state index >= 15 is 0 Å². The Labute approximate surface area is 150 Å². The second-order valence-electron chi connectivity index (χ2n) is 5.37. The van der Waals surface area contributed by atoms with Crippen molar-refractivity contribution in [3.8, 4) is 11.8 Å². The molecule has 0 amide bonds. The Kier molecular flexibility index (Phi) is 4.48. The van der Waals surface area contributed by atoms with Gasteiger partial charge in [-0.05, 0) is 36.4 Å². The van der Waals surface area contributed by atoms with Crippen LogP contribution in [-0.4, -0.2) is 4.98 Å². The molecule has 25 heavy (non-hydrogen) atoms. The first-order valence-corrected chi connectivity index (χ1v) is 8.73. The van der Waals surface area contributed by atoms with Crippen molar-refractivity contribution < 1.29 is 9.72 Å². The molecule has 0 radical (unpaired) electrons. The average molecular weight is 346 g/mol. The van der Waals surface area contributed by atoms with Crippen LogP contribution in [0.25, 0.3) is 10.9 Å². The summed E-state index contributed by atoms with van der Waals surface area (Å²) < 4.78 is 9.23. The van der Waals surface area contributed by atoms with Gasteiger partial charge in [-0.25, -0.2) is 9.71 Å². The Morgan fingerprint density at radius 3 is 2.28 bits per heavy atom. The smallest absolute Gasteiger partial charge is 0.402 e. The summed E-state index contributed by atoms with van der Waals surface area (Å²) in [4.78, 5) is 8.93. The van der Waals surface area contributed by atoms with E-state index in [0.29, 0.717) is 6.01 Å². The van der Waals surface area contributed by atoms with Gasteiger partial charge in [0.1, 0.15) is 5.75 Å². The van der Waals surface area contributed by atoms with E-state index in [4.69, 9.17) is 4.74 Å². The molecular formula is C20H16N3OS+. The van der Waals surface area contributed by atoms with Crippen molar-refractivity contribution in [3.63, 3.8) is 0 Å². The summed E-state index contributed by atoms with van der Waals surface area (Å²) >= 11 is 1.54. The van der Waals surface area contributed by atoms with Crippen molar-refractivity contribution >= 4 is 28.7 Å². The minimum Gasteiger partial charge on any atom is -0.402 e. The zero-order chi connectivity index (χ0) is 16.9. The molecule has 0 atom stereocenters. The lowest BCUT2D eigenvalue weighted by Crippen LogP contribution is -2.14. The van der Waals surface area contributed by atoms with Crippen LogP contribution in [0.2, 0.25) is 0 Å². The van der Waals surface area contributed by atoms with Gasteiger partial charge in [-0.15, -0.1) is 0 Å². The molecule has 5 heteroatoms. The molecule has 0 saturated carbocycles. The number of hydrogen-bond acceptors (Lipinski definition) is 4. The summed E-state index contributed by atoms with van der Waals surface area (Å²) in [6, 6.07) is 28.2. The number of para-hydroxylation sites is 2. The van der Waals surface area contributed by atoms with Crippen LogP contribution >= 0.6 is 11.9 Å². The van der Waals surface area contributed by atoms with E-state index in [-0.39, 0.29) is 0 Å². The van der Waals surface area contributed by atoms with Crippen LogP contribution in [0.1, 0.15) is 0 Å². The molecule has 4 nitrogen and oxygen atoms in total. The molecule has 0 aliphatic rings. The zero-order valence-electron chi connectivity index (χ0n) is 13.3. The highest BCUT2D eigenvalue weighted by molar-refractivity contribution is 8.00. The number of benzene rings is 3. The number of aromatic amines is 1. The Morgan fingerprint density at radius 1 is 0.800 bits per heavy atom. The predicted molar refractivity (Wildman–Crippen MR) is 101 cm³/mol. The van der Waals surface area contributed by atoms with Crippen molar-refractivity contribution in [3.05, 3.63) is 84.9 Å². The molecule has 0 fully saturated rings. The van der Waals surface area contributed by atoms with Gasteiger partial charge in [0, 0.05) is 4.90 Å². The van der Waals surface area contributed by atoms with E-state index in [1.165, 1.54) is 11.9 Å². The minimum absolute atomic E-state index is 0.445. The van der Waals surface area contributed by atoms with E-state index in [2.05, 4.69) is 26.8 Å². The maximum atomic E-state index is 5.86. The summed E-state index contributed by atoms with van der Waals surface area (Å²) in [5, 5.41) is 1.01. The highest BCUT2D eigenvalue weighted by atomic mass is 32.2. The van der Waals surface area contributed by atoms with Gasteiger partial charge in [-0.2, -0.15) is 0 Å². The van der Waals surface area contributed by atoms with Gasteiger partial charge >= 0.3 is 6.01 Å². The fourth-order valence-corrected chi connectivity index (χ4v) is 3.10. The summed E-state index contributed by atoms with van der Waals surface area (Å²) in [6.45, 7) is 0. The van der Waals surface area contributed by atoms with Gasteiger partial charge < -0.3 is 4.74 Å². The lowest BCUT2D eigenvalue weighted by atomic mass is 10.2. The lowest BCUT2D eigenvalue weighted by molar-refractivity contribution is -0.377. The van der Waals surface area contributed by atoms with Gasteiger partial charge in [-0.1, -0.05) is 53.5 Å². The summed E-state index contributed by atoms with van der Waals surface area (Å²) in [5.74, 6) is 1.59. The van der Waals surface area contributed by atoms with Crippen molar-refractivity contribution in [2.45, 2.75) is 4.90 Å². The monoisotopic (exact) mass is 346 g/mol. The number of H-pyrrole nitrogens is 1. The molecule has 122 valence electrons. The van der Waals surface area contributed by atoms with Crippen LogP contribution in [-0.2, 0) is 0 Å². The molecular weight excluding hydrogens is 330 g/mol. The summed E-state index contributed by atoms with van der Waals surface area (Å²) in [5.41, 5.74) is 0.864. The molecule has 1 aromatic heterocycles. The minimum atomic E-state index is 0.445. The van der Waals surface area contributed by atoms with E-state index in [0.717, 1.165) is 27.4 Å². The van der Waals surface area contributed by atoms with Crippen molar-refractivity contribution in [2.75, 3.05) is 4.72 Å². The largest absolute Gasteiger partial charge is 0.437 e. The average Bonchev–Trinajstić information content (AvgIpc) is 2.68. The van der Waals surface area contributed by atoms with Crippen LogP contribution in [0.4, 0.5) is 5.82 Å². The third kappa shape index (κ3) is 3.72. The molecule has 0 bridgehead atoms. The highest BCUT2D eigenvalue weighted by Gasteiger charge is 2.15. The number of anilines is 1. The maximum Gasteiger partial charge on any atom is 0.437 e. The fraction of sp³-hybridized carbons (Fsp3) is 0. The van der Waals surface area contributed by atoms with Gasteiger partial charge in [0.05, 0.1) is 17.3 Å². The maximum absolute atomic E-state index is 5.86. The van der Waals surface area contributed by atoms with Crippen molar-refractivity contribution in [2.24, 2.45) is 0 Å². The van der Waals surface area contributed by atoms with Crippen LogP contribution in [0.5, 0.6) is 11.8 Å². The van der Waals surface area contributed by atoms with Crippen LogP contribution < -0.4 is 14.4 Å². The third-order valence-corrected chi connectivity index (χ3v) is 4.41. The Bertz CT molecular complexity index is 978. The second-order valence-corrected chi connectivity index (χ2v) is 6.25. The molecule has 2 N–H and O–H groups in total.